The molecule has 7 heteroatoms. The highest BCUT2D eigenvalue weighted by molar-refractivity contribution is 8.00. The number of carbonyl (C=O) groups is 1. The van der Waals surface area contributed by atoms with Gasteiger partial charge in [-0.2, -0.15) is 0 Å². The fraction of sp³-hybridized carbons (Fsp3) is 0.632. The van der Waals surface area contributed by atoms with Crippen LogP contribution in [0.25, 0.3) is 0 Å². The lowest BCUT2D eigenvalue weighted by atomic mass is 10.1. The average Bonchev–Trinajstić information content (AvgIpc) is 2.69. The largest absolute Gasteiger partial charge is 0.381 e. The molecule has 1 amide bonds. The van der Waals surface area contributed by atoms with Crippen LogP contribution in [0.15, 0.2) is 29.2 Å². The van der Waals surface area contributed by atoms with Gasteiger partial charge in [-0.3, -0.25) is 9.69 Å². The van der Waals surface area contributed by atoms with Gasteiger partial charge in [-0.05, 0) is 37.1 Å². The summed E-state index contributed by atoms with van der Waals surface area (Å²) in [7, 11) is 0. The molecule has 1 aromatic carbocycles. The number of amides is 1. The van der Waals surface area contributed by atoms with Gasteiger partial charge in [0.2, 0.25) is 5.91 Å². The second-order valence-corrected chi connectivity index (χ2v) is 7.68. The van der Waals surface area contributed by atoms with Crippen molar-refractivity contribution in [1.82, 2.24) is 9.80 Å². The van der Waals surface area contributed by atoms with Crippen LogP contribution in [0.4, 0.5) is 4.39 Å². The Morgan fingerprint density at radius 3 is 2.46 bits per heavy atom. The second-order valence-electron chi connectivity index (χ2n) is 6.63. The molecule has 0 atom stereocenters. The number of ether oxygens (including phenoxy) is 2. The van der Waals surface area contributed by atoms with Gasteiger partial charge in [0.1, 0.15) is 5.82 Å². The molecule has 144 valence electrons. The zero-order chi connectivity index (χ0) is 18.2. The summed E-state index contributed by atoms with van der Waals surface area (Å²) in [6.07, 6.45) is 1.80. The van der Waals surface area contributed by atoms with Crippen LogP contribution < -0.4 is 0 Å². The molecule has 0 spiro atoms. The van der Waals surface area contributed by atoms with Crippen molar-refractivity contribution in [3.05, 3.63) is 30.1 Å². The van der Waals surface area contributed by atoms with Crippen molar-refractivity contribution in [2.75, 3.05) is 58.4 Å². The van der Waals surface area contributed by atoms with E-state index in [0.717, 1.165) is 70.3 Å². The van der Waals surface area contributed by atoms with Gasteiger partial charge in [-0.1, -0.05) is 0 Å². The molecule has 0 radical (unpaired) electrons. The van der Waals surface area contributed by atoms with Crippen LogP contribution in [0.2, 0.25) is 0 Å². The van der Waals surface area contributed by atoms with Gasteiger partial charge in [0.15, 0.2) is 0 Å². The van der Waals surface area contributed by atoms with Crippen LogP contribution in [-0.2, 0) is 14.3 Å². The van der Waals surface area contributed by atoms with E-state index >= 15 is 0 Å². The van der Waals surface area contributed by atoms with E-state index in [9.17, 15) is 9.18 Å². The van der Waals surface area contributed by atoms with Crippen LogP contribution in [0.5, 0.6) is 0 Å². The Bertz CT molecular complexity index is 560. The summed E-state index contributed by atoms with van der Waals surface area (Å²) in [6.45, 7) is 6.47. The summed E-state index contributed by atoms with van der Waals surface area (Å²) >= 11 is 1.47. The quantitative estimate of drug-likeness (QED) is 0.677. The summed E-state index contributed by atoms with van der Waals surface area (Å²) in [5.41, 5.74) is 0. The normalized spacial score (nSPS) is 19.4. The highest BCUT2D eigenvalue weighted by Crippen LogP contribution is 2.21. The molecule has 26 heavy (non-hydrogen) atoms. The van der Waals surface area contributed by atoms with Crippen molar-refractivity contribution in [3.63, 3.8) is 0 Å². The van der Waals surface area contributed by atoms with Crippen LogP contribution in [0.3, 0.4) is 0 Å². The van der Waals surface area contributed by atoms with Gasteiger partial charge < -0.3 is 14.4 Å². The SMILES string of the molecule is O=C(CSc1ccc(F)cc1)N(CCN1CCOCC1)C1CCOCC1. The Hall–Kier alpha value is -1.15. The Morgan fingerprint density at radius 1 is 1.12 bits per heavy atom. The van der Waals surface area contributed by atoms with Crippen LogP contribution in [0.1, 0.15) is 12.8 Å². The number of halogens is 1. The first-order valence-electron chi connectivity index (χ1n) is 9.28. The number of hydrogen-bond acceptors (Lipinski definition) is 5. The van der Waals surface area contributed by atoms with Gasteiger partial charge in [0, 0.05) is 50.3 Å². The molecule has 5 nitrogen and oxygen atoms in total. The van der Waals surface area contributed by atoms with E-state index in [4.69, 9.17) is 9.47 Å². The molecule has 2 heterocycles. The fourth-order valence-electron chi connectivity index (χ4n) is 3.34. The van der Waals surface area contributed by atoms with Gasteiger partial charge in [0.25, 0.3) is 0 Å². The van der Waals surface area contributed by atoms with Gasteiger partial charge in [-0.15, -0.1) is 11.8 Å². The van der Waals surface area contributed by atoms with Crippen LogP contribution in [0, 0.1) is 5.82 Å². The zero-order valence-electron chi connectivity index (χ0n) is 15.1. The number of morpholine rings is 1. The minimum absolute atomic E-state index is 0.152. The summed E-state index contributed by atoms with van der Waals surface area (Å²) in [5.74, 6) is 0.279. The maximum Gasteiger partial charge on any atom is 0.233 e. The van der Waals surface area contributed by atoms with E-state index in [2.05, 4.69) is 4.90 Å². The fourth-order valence-corrected chi connectivity index (χ4v) is 4.12. The van der Waals surface area contributed by atoms with E-state index in [1.165, 1.54) is 23.9 Å². The predicted molar refractivity (Wildman–Crippen MR) is 99.9 cm³/mol. The van der Waals surface area contributed by atoms with E-state index in [0.29, 0.717) is 5.75 Å². The first-order valence-corrected chi connectivity index (χ1v) is 10.3. The molecule has 2 aliphatic heterocycles. The maximum atomic E-state index is 13.0. The summed E-state index contributed by atoms with van der Waals surface area (Å²) in [4.78, 5) is 18.2. The molecule has 0 aromatic heterocycles. The van der Waals surface area contributed by atoms with Gasteiger partial charge in [0.05, 0.1) is 19.0 Å². The molecule has 0 saturated carbocycles. The average molecular weight is 383 g/mol. The minimum Gasteiger partial charge on any atom is -0.381 e. The number of thioether (sulfide) groups is 1. The third-order valence-electron chi connectivity index (χ3n) is 4.89. The van der Waals surface area contributed by atoms with E-state index < -0.39 is 0 Å². The molecular formula is C19H27FN2O3S. The molecule has 2 saturated heterocycles. The summed E-state index contributed by atoms with van der Waals surface area (Å²) < 4.78 is 23.9. The number of hydrogen-bond donors (Lipinski definition) is 0. The van der Waals surface area contributed by atoms with Crippen molar-refractivity contribution in [3.8, 4) is 0 Å². The first-order chi connectivity index (χ1) is 12.7. The topological polar surface area (TPSA) is 42.0 Å². The standard InChI is InChI=1S/C19H27FN2O3S/c20-16-1-3-18(4-2-16)26-15-19(23)22(17-5-11-24-12-6-17)8-7-21-9-13-25-14-10-21/h1-4,17H,5-15H2. The lowest BCUT2D eigenvalue weighted by molar-refractivity contribution is -0.133. The monoisotopic (exact) mass is 382 g/mol. The highest BCUT2D eigenvalue weighted by Gasteiger charge is 2.26. The molecule has 2 fully saturated rings. The van der Waals surface area contributed by atoms with Gasteiger partial charge >= 0.3 is 0 Å². The van der Waals surface area contributed by atoms with E-state index in [-0.39, 0.29) is 17.8 Å². The van der Waals surface area contributed by atoms with Crippen molar-refractivity contribution in [2.45, 2.75) is 23.8 Å². The van der Waals surface area contributed by atoms with E-state index in [1.54, 1.807) is 12.1 Å². The van der Waals surface area contributed by atoms with Crippen LogP contribution in [-0.4, -0.2) is 80.1 Å². The van der Waals surface area contributed by atoms with E-state index in [1.807, 2.05) is 4.90 Å². The number of nitrogens with zero attached hydrogens (tertiary/aromatic N) is 2. The Morgan fingerprint density at radius 2 is 1.77 bits per heavy atom. The van der Waals surface area contributed by atoms with Crippen molar-refractivity contribution in [1.29, 1.82) is 0 Å². The van der Waals surface area contributed by atoms with Crippen molar-refractivity contribution in [2.24, 2.45) is 0 Å². The minimum atomic E-state index is -0.255. The molecule has 0 N–H and O–H groups in total. The predicted octanol–water partition coefficient (Wildman–Crippen LogP) is 2.26. The maximum absolute atomic E-state index is 13.0. The lowest BCUT2D eigenvalue weighted by Gasteiger charge is -2.36. The molecule has 1 aromatic rings. The molecular weight excluding hydrogens is 355 g/mol. The van der Waals surface area contributed by atoms with Crippen molar-refractivity contribution >= 4 is 17.7 Å². The lowest BCUT2D eigenvalue weighted by Crippen LogP contribution is -2.49. The Labute approximate surface area is 158 Å². The number of carbonyl (C=O) groups excluding carboxylic acids is 1. The first kappa shape index (κ1) is 19.6. The third-order valence-corrected chi connectivity index (χ3v) is 5.89. The molecule has 2 aliphatic rings. The van der Waals surface area contributed by atoms with Crippen molar-refractivity contribution < 1.29 is 18.7 Å². The number of benzene rings is 1. The summed E-state index contributed by atoms with van der Waals surface area (Å²) in [6, 6.07) is 6.56. The smallest absolute Gasteiger partial charge is 0.233 e. The zero-order valence-corrected chi connectivity index (χ0v) is 15.9. The highest BCUT2D eigenvalue weighted by atomic mass is 32.2. The second kappa shape index (κ2) is 10.3. The molecule has 0 bridgehead atoms. The third kappa shape index (κ3) is 5.94. The molecule has 0 aliphatic carbocycles. The van der Waals surface area contributed by atoms with Gasteiger partial charge in [-0.25, -0.2) is 4.39 Å². The van der Waals surface area contributed by atoms with Crippen LogP contribution >= 0.6 is 11.8 Å². The summed E-state index contributed by atoms with van der Waals surface area (Å²) in [5, 5.41) is 0. The Kier molecular flexibility index (Phi) is 7.73. The number of rotatable bonds is 7. The molecule has 3 rings (SSSR count). The Balaban J connectivity index is 1.55. The molecule has 0 unspecified atom stereocenters.